The van der Waals surface area contributed by atoms with Gasteiger partial charge in [0.2, 0.25) is 0 Å². The molecule has 21 heavy (non-hydrogen) atoms. The minimum Gasteiger partial charge on any atom is -0.383 e. The molecule has 0 aliphatic carbocycles. The second-order valence-corrected chi connectivity index (χ2v) is 5.44. The van der Waals surface area contributed by atoms with Gasteiger partial charge in [0.15, 0.2) is 0 Å². The molecule has 114 valence electrons. The fourth-order valence-corrected chi connectivity index (χ4v) is 2.89. The topological polar surface area (TPSA) is 47.3 Å². The van der Waals surface area contributed by atoms with Gasteiger partial charge in [-0.2, -0.15) is 5.10 Å². The molecule has 0 amide bonds. The summed E-state index contributed by atoms with van der Waals surface area (Å²) in [6.45, 7) is 3.11. The van der Waals surface area contributed by atoms with Gasteiger partial charge in [-0.15, -0.1) is 0 Å². The van der Waals surface area contributed by atoms with Gasteiger partial charge in [0.25, 0.3) is 0 Å². The number of ether oxygens (including phenoxy) is 1. The molecule has 0 spiro atoms. The van der Waals surface area contributed by atoms with Gasteiger partial charge in [0, 0.05) is 7.11 Å². The first-order chi connectivity index (χ1) is 10.1. The lowest BCUT2D eigenvalue weighted by molar-refractivity contribution is 0.0584. The zero-order valence-electron chi connectivity index (χ0n) is 12.4. The Morgan fingerprint density at radius 2 is 2.05 bits per heavy atom. The van der Waals surface area contributed by atoms with Gasteiger partial charge in [-0.05, 0) is 12.0 Å². The number of hydrogen-bond acceptors (Lipinski definition) is 3. The predicted octanol–water partition coefficient (Wildman–Crippen LogP) is 3.22. The van der Waals surface area contributed by atoms with E-state index in [4.69, 9.17) is 16.3 Å². The Morgan fingerprint density at radius 1 is 1.33 bits per heavy atom. The third kappa shape index (κ3) is 3.28. The molecule has 1 N–H and O–H groups in total. The normalized spacial score (nSPS) is 14.1. The lowest BCUT2D eigenvalue weighted by Gasteiger charge is -2.29. The number of hydrogen-bond donors (Lipinski definition) is 1. The molecule has 0 radical (unpaired) electrons. The van der Waals surface area contributed by atoms with E-state index in [9.17, 15) is 5.11 Å². The van der Waals surface area contributed by atoms with E-state index in [-0.39, 0.29) is 0 Å². The zero-order chi connectivity index (χ0) is 15.3. The summed E-state index contributed by atoms with van der Waals surface area (Å²) in [4.78, 5) is 0. The highest BCUT2D eigenvalue weighted by Crippen LogP contribution is 2.37. The molecular weight excluding hydrogens is 288 g/mol. The van der Waals surface area contributed by atoms with E-state index >= 15 is 0 Å². The first kappa shape index (κ1) is 16.0. The van der Waals surface area contributed by atoms with Crippen LogP contribution in [0.1, 0.15) is 31.0 Å². The van der Waals surface area contributed by atoms with E-state index in [0.717, 1.165) is 12.0 Å². The van der Waals surface area contributed by atoms with Crippen LogP contribution in [0.5, 0.6) is 0 Å². The summed E-state index contributed by atoms with van der Waals surface area (Å²) in [6.07, 6.45) is 2.99. The lowest BCUT2D eigenvalue weighted by atomic mass is 9.86. The largest absolute Gasteiger partial charge is 0.383 e. The van der Waals surface area contributed by atoms with Crippen LogP contribution >= 0.6 is 11.6 Å². The average molecular weight is 309 g/mol. The Hall–Kier alpha value is -1.36. The number of aromatic nitrogens is 2. The molecule has 1 aromatic heterocycles. The van der Waals surface area contributed by atoms with E-state index in [1.165, 1.54) is 0 Å². The summed E-state index contributed by atoms with van der Waals surface area (Å²) < 4.78 is 6.83. The summed E-state index contributed by atoms with van der Waals surface area (Å²) in [5.74, 6) is 0. The molecule has 2 rings (SSSR count). The van der Waals surface area contributed by atoms with Crippen molar-refractivity contribution in [3.8, 4) is 0 Å². The van der Waals surface area contributed by atoms with Crippen molar-refractivity contribution >= 4 is 11.6 Å². The van der Waals surface area contributed by atoms with Crippen LogP contribution in [0.2, 0.25) is 5.02 Å². The Labute approximate surface area is 130 Å². The zero-order valence-corrected chi connectivity index (χ0v) is 13.2. The highest BCUT2D eigenvalue weighted by molar-refractivity contribution is 6.31. The molecule has 1 atom stereocenters. The summed E-state index contributed by atoms with van der Waals surface area (Å²) in [5, 5.41) is 16.1. The van der Waals surface area contributed by atoms with Gasteiger partial charge in [-0.3, -0.25) is 4.68 Å². The van der Waals surface area contributed by atoms with Crippen LogP contribution in [0.25, 0.3) is 0 Å². The first-order valence-electron chi connectivity index (χ1n) is 7.12. The molecule has 0 fully saturated rings. The standard InChI is InChI=1S/C16H21ClN2O2/c1-3-9-16(20,13-7-5-4-6-8-13)15-14(17)12-18-19(15)10-11-21-2/h4-8,12,20H,3,9-11H2,1-2H3. The summed E-state index contributed by atoms with van der Waals surface area (Å²) in [6, 6.07) is 9.60. The molecule has 1 aromatic carbocycles. The van der Waals surface area contributed by atoms with Crippen molar-refractivity contribution in [3.05, 3.63) is 52.8 Å². The number of halogens is 1. The summed E-state index contributed by atoms with van der Waals surface area (Å²) in [7, 11) is 1.64. The SMILES string of the molecule is CCCC(O)(c1ccccc1)c1c(Cl)cnn1CCOC. The molecule has 1 unspecified atom stereocenters. The number of aliphatic hydroxyl groups is 1. The number of nitrogens with zero attached hydrogens (tertiary/aromatic N) is 2. The van der Waals surface area contributed by atoms with Crippen LogP contribution in [0, 0.1) is 0 Å². The van der Waals surface area contributed by atoms with E-state index < -0.39 is 5.60 Å². The minimum absolute atomic E-state index is 0.478. The third-order valence-electron chi connectivity index (χ3n) is 3.56. The van der Waals surface area contributed by atoms with Crippen molar-refractivity contribution < 1.29 is 9.84 Å². The number of rotatable bonds is 7. The second kappa shape index (κ2) is 7.07. The van der Waals surface area contributed by atoms with Crippen LogP contribution < -0.4 is 0 Å². The van der Waals surface area contributed by atoms with Gasteiger partial charge < -0.3 is 9.84 Å². The van der Waals surface area contributed by atoms with Crippen LogP contribution in [-0.2, 0) is 16.9 Å². The van der Waals surface area contributed by atoms with Gasteiger partial charge in [0.05, 0.1) is 30.1 Å². The summed E-state index contributed by atoms with van der Waals surface area (Å²) >= 11 is 6.31. The Bertz CT molecular complexity index is 571. The van der Waals surface area contributed by atoms with E-state index in [1.807, 2.05) is 37.3 Å². The smallest absolute Gasteiger partial charge is 0.133 e. The van der Waals surface area contributed by atoms with Gasteiger partial charge in [0.1, 0.15) is 5.60 Å². The molecular formula is C16H21ClN2O2. The molecule has 0 bridgehead atoms. The highest BCUT2D eigenvalue weighted by atomic mass is 35.5. The lowest BCUT2D eigenvalue weighted by Crippen LogP contribution is -2.31. The van der Waals surface area contributed by atoms with E-state index in [0.29, 0.717) is 30.3 Å². The van der Waals surface area contributed by atoms with Crippen molar-refractivity contribution in [3.63, 3.8) is 0 Å². The molecule has 4 nitrogen and oxygen atoms in total. The van der Waals surface area contributed by atoms with Crippen molar-refractivity contribution in [2.45, 2.75) is 31.9 Å². The maximum Gasteiger partial charge on any atom is 0.133 e. The van der Waals surface area contributed by atoms with Crippen molar-refractivity contribution in [1.29, 1.82) is 0 Å². The Kier molecular flexibility index (Phi) is 5.39. The number of benzene rings is 1. The fraction of sp³-hybridized carbons (Fsp3) is 0.438. The molecule has 1 heterocycles. The predicted molar refractivity (Wildman–Crippen MR) is 83.5 cm³/mol. The summed E-state index contributed by atoms with van der Waals surface area (Å²) in [5.41, 5.74) is 0.319. The van der Waals surface area contributed by atoms with E-state index in [2.05, 4.69) is 5.10 Å². The van der Waals surface area contributed by atoms with E-state index in [1.54, 1.807) is 18.0 Å². The van der Waals surface area contributed by atoms with Crippen molar-refractivity contribution in [1.82, 2.24) is 9.78 Å². The van der Waals surface area contributed by atoms with Crippen molar-refractivity contribution in [2.24, 2.45) is 0 Å². The van der Waals surface area contributed by atoms with Crippen LogP contribution in [0.15, 0.2) is 36.5 Å². The monoisotopic (exact) mass is 308 g/mol. The Balaban J connectivity index is 2.50. The number of methoxy groups -OCH3 is 1. The molecule has 2 aromatic rings. The average Bonchev–Trinajstić information content (AvgIpc) is 2.87. The second-order valence-electron chi connectivity index (χ2n) is 5.03. The van der Waals surface area contributed by atoms with Gasteiger partial charge in [-0.25, -0.2) is 0 Å². The minimum atomic E-state index is -1.14. The van der Waals surface area contributed by atoms with Crippen LogP contribution in [0.3, 0.4) is 0 Å². The first-order valence-corrected chi connectivity index (χ1v) is 7.50. The molecule has 5 heteroatoms. The molecule has 0 aliphatic rings. The molecule has 0 aliphatic heterocycles. The quantitative estimate of drug-likeness (QED) is 0.854. The highest BCUT2D eigenvalue weighted by Gasteiger charge is 2.36. The van der Waals surface area contributed by atoms with Crippen LogP contribution in [0.4, 0.5) is 0 Å². The maximum absolute atomic E-state index is 11.3. The molecule has 0 saturated carbocycles. The fourth-order valence-electron chi connectivity index (χ4n) is 2.60. The Morgan fingerprint density at radius 3 is 2.67 bits per heavy atom. The third-order valence-corrected chi connectivity index (χ3v) is 3.83. The van der Waals surface area contributed by atoms with Crippen LogP contribution in [-0.4, -0.2) is 28.6 Å². The van der Waals surface area contributed by atoms with Crippen molar-refractivity contribution in [2.75, 3.05) is 13.7 Å². The molecule has 0 saturated heterocycles. The maximum atomic E-state index is 11.3. The van der Waals surface area contributed by atoms with Gasteiger partial charge in [-0.1, -0.05) is 55.3 Å². The van der Waals surface area contributed by atoms with Gasteiger partial charge >= 0.3 is 0 Å².